The molecular formula is C39H35NO. The van der Waals surface area contributed by atoms with Crippen LogP contribution in [0.3, 0.4) is 0 Å². The molecule has 0 saturated heterocycles. The van der Waals surface area contributed by atoms with Crippen molar-refractivity contribution < 1.29 is 4.74 Å². The van der Waals surface area contributed by atoms with Gasteiger partial charge in [0.1, 0.15) is 11.5 Å². The van der Waals surface area contributed by atoms with E-state index in [2.05, 4.69) is 142 Å². The molecule has 5 aromatic carbocycles. The number of para-hydroxylation sites is 2. The van der Waals surface area contributed by atoms with Gasteiger partial charge in [-0.15, -0.1) is 0 Å². The largest absolute Gasteiger partial charge is 0.457 e. The number of fused-ring (bicyclic) bond motifs is 10. The van der Waals surface area contributed by atoms with Crippen molar-refractivity contribution in [3.63, 3.8) is 0 Å². The highest BCUT2D eigenvalue weighted by Gasteiger charge is 2.51. The van der Waals surface area contributed by atoms with Gasteiger partial charge in [0.2, 0.25) is 0 Å². The van der Waals surface area contributed by atoms with E-state index < -0.39 is 5.41 Å². The lowest BCUT2D eigenvalue weighted by Crippen LogP contribution is -2.33. The second-order valence-electron chi connectivity index (χ2n) is 13.3. The lowest BCUT2D eigenvalue weighted by molar-refractivity contribution is 0.332. The van der Waals surface area contributed by atoms with Crippen LogP contribution in [0.1, 0.15) is 73.9 Å². The molecule has 41 heavy (non-hydrogen) atoms. The van der Waals surface area contributed by atoms with E-state index in [0.29, 0.717) is 0 Å². The monoisotopic (exact) mass is 533 g/mol. The molecule has 0 unspecified atom stereocenters. The van der Waals surface area contributed by atoms with Gasteiger partial charge < -0.3 is 10.1 Å². The summed E-state index contributed by atoms with van der Waals surface area (Å²) in [4.78, 5) is 0. The molecule has 0 radical (unpaired) electrons. The Hall–Kier alpha value is -4.30. The minimum absolute atomic E-state index is 0.160. The van der Waals surface area contributed by atoms with Gasteiger partial charge in [-0.3, -0.25) is 0 Å². The zero-order valence-corrected chi connectivity index (χ0v) is 24.2. The van der Waals surface area contributed by atoms with Gasteiger partial charge in [-0.25, -0.2) is 0 Å². The molecule has 0 aromatic heterocycles. The Labute approximate surface area is 243 Å². The van der Waals surface area contributed by atoms with Crippen molar-refractivity contribution in [3.05, 3.63) is 143 Å². The maximum Gasteiger partial charge on any atom is 0.132 e. The fourth-order valence-electron chi connectivity index (χ4n) is 7.83. The van der Waals surface area contributed by atoms with E-state index in [9.17, 15) is 0 Å². The number of ether oxygens (including phenoxy) is 1. The van der Waals surface area contributed by atoms with Gasteiger partial charge in [0.05, 0.1) is 5.41 Å². The zero-order valence-electron chi connectivity index (χ0n) is 24.2. The Morgan fingerprint density at radius 1 is 0.537 bits per heavy atom. The van der Waals surface area contributed by atoms with Crippen LogP contribution in [0.2, 0.25) is 0 Å². The fraction of sp³-hybridized carbons (Fsp3) is 0.231. The molecule has 1 heterocycles. The summed E-state index contributed by atoms with van der Waals surface area (Å²) in [6, 6.07) is 39.8. The van der Waals surface area contributed by atoms with Gasteiger partial charge in [0, 0.05) is 28.1 Å². The van der Waals surface area contributed by atoms with E-state index in [4.69, 9.17) is 4.74 Å². The van der Waals surface area contributed by atoms with Gasteiger partial charge in [0.25, 0.3) is 0 Å². The van der Waals surface area contributed by atoms with Crippen molar-refractivity contribution in [1.82, 2.24) is 0 Å². The Morgan fingerprint density at radius 3 is 1.83 bits per heavy atom. The van der Waals surface area contributed by atoms with E-state index in [1.54, 1.807) is 0 Å². The quantitative estimate of drug-likeness (QED) is 0.239. The van der Waals surface area contributed by atoms with Gasteiger partial charge in [-0.05, 0) is 81.8 Å². The molecule has 1 aliphatic heterocycles. The van der Waals surface area contributed by atoms with Gasteiger partial charge in [-0.2, -0.15) is 0 Å². The van der Waals surface area contributed by atoms with Crippen LogP contribution in [0, 0.1) is 0 Å². The van der Waals surface area contributed by atoms with E-state index in [-0.39, 0.29) is 10.8 Å². The maximum atomic E-state index is 6.49. The number of hydrogen-bond acceptors (Lipinski definition) is 2. The summed E-state index contributed by atoms with van der Waals surface area (Å²) in [5.41, 5.74) is 12.7. The third-order valence-corrected chi connectivity index (χ3v) is 10.0. The summed E-state index contributed by atoms with van der Waals surface area (Å²) in [5.74, 6) is 1.85. The molecule has 3 aliphatic rings. The number of anilines is 2. The van der Waals surface area contributed by atoms with E-state index in [1.807, 2.05) is 0 Å². The van der Waals surface area contributed by atoms with Crippen LogP contribution in [0.15, 0.2) is 109 Å². The molecule has 2 nitrogen and oxygen atoms in total. The highest BCUT2D eigenvalue weighted by atomic mass is 16.5. The summed E-state index contributed by atoms with van der Waals surface area (Å²) in [5, 5.41) is 3.90. The molecule has 0 bridgehead atoms. The smallest absolute Gasteiger partial charge is 0.132 e. The lowest BCUT2D eigenvalue weighted by Gasteiger charge is -2.42. The molecule has 0 saturated carbocycles. The SMILES string of the molecule is CC1(C)CCC(C)(C)c2cc(Nc3cccc4c3-c3ccccc3C43c4ccccc4Oc4ccccc43)ccc21. The maximum absolute atomic E-state index is 6.49. The second-order valence-corrected chi connectivity index (χ2v) is 13.3. The van der Waals surface area contributed by atoms with Gasteiger partial charge in [-0.1, -0.05) is 107 Å². The highest BCUT2D eigenvalue weighted by Crippen LogP contribution is 2.63. The molecular weight excluding hydrogens is 498 g/mol. The van der Waals surface area contributed by atoms with Crippen LogP contribution in [0.4, 0.5) is 11.4 Å². The van der Waals surface area contributed by atoms with Gasteiger partial charge >= 0.3 is 0 Å². The summed E-state index contributed by atoms with van der Waals surface area (Å²) >= 11 is 0. The zero-order chi connectivity index (χ0) is 28.0. The first-order valence-electron chi connectivity index (χ1n) is 14.8. The molecule has 0 amide bonds. The Kier molecular flexibility index (Phi) is 5.00. The Bertz CT molecular complexity index is 1810. The van der Waals surface area contributed by atoms with Crippen LogP contribution < -0.4 is 10.1 Å². The molecule has 202 valence electrons. The van der Waals surface area contributed by atoms with E-state index in [0.717, 1.165) is 22.9 Å². The standard InChI is InChI=1S/C39H35NO/c1-37(2)22-23-38(3,4)32-24-25(20-21-28(32)37)40-33-17-11-16-31-36(33)26-12-5-6-13-27(26)39(31)29-14-7-9-18-34(29)41-35-19-10-8-15-30(35)39/h5-21,24,40H,22-23H2,1-4H3. The van der Waals surface area contributed by atoms with E-state index in [1.165, 1.54) is 57.3 Å². The first-order valence-corrected chi connectivity index (χ1v) is 14.8. The topological polar surface area (TPSA) is 21.3 Å². The Balaban J connectivity index is 1.36. The summed E-state index contributed by atoms with van der Waals surface area (Å²) in [6.45, 7) is 9.56. The van der Waals surface area contributed by atoms with Crippen molar-refractivity contribution in [2.45, 2.75) is 56.8 Å². The van der Waals surface area contributed by atoms with Crippen LogP contribution in [-0.2, 0) is 16.2 Å². The first-order chi connectivity index (χ1) is 19.8. The molecule has 1 spiro atoms. The second kappa shape index (κ2) is 8.36. The third kappa shape index (κ3) is 3.31. The average molecular weight is 534 g/mol. The number of nitrogens with one attached hydrogen (secondary N) is 1. The molecule has 0 fully saturated rings. The molecule has 0 atom stereocenters. The van der Waals surface area contributed by atoms with Crippen molar-refractivity contribution in [2.75, 3.05) is 5.32 Å². The number of hydrogen-bond donors (Lipinski definition) is 1. The molecule has 2 aliphatic carbocycles. The summed E-state index contributed by atoms with van der Waals surface area (Å²) in [6.07, 6.45) is 2.42. The Morgan fingerprint density at radius 2 is 1.12 bits per heavy atom. The number of benzene rings is 5. The van der Waals surface area contributed by atoms with Crippen LogP contribution in [0.5, 0.6) is 11.5 Å². The van der Waals surface area contributed by atoms with Gasteiger partial charge in [0.15, 0.2) is 0 Å². The van der Waals surface area contributed by atoms with E-state index >= 15 is 0 Å². The minimum Gasteiger partial charge on any atom is -0.457 e. The first kappa shape index (κ1) is 24.5. The summed E-state index contributed by atoms with van der Waals surface area (Å²) < 4.78 is 6.49. The lowest BCUT2D eigenvalue weighted by atomic mass is 9.63. The third-order valence-electron chi connectivity index (χ3n) is 10.0. The van der Waals surface area contributed by atoms with Crippen LogP contribution in [-0.4, -0.2) is 0 Å². The van der Waals surface area contributed by atoms with Crippen molar-refractivity contribution in [3.8, 4) is 22.6 Å². The molecule has 2 heteroatoms. The molecule has 5 aromatic rings. The van der Waals surface area contributed by atoms with Crippen LogP contribution >= 0.6 is 0 Å². The average Bonchev–Trinajstić information content (AvgIpc) is 3.28. The predicted molar refractivity (Wildman–Crippen MR) is 169 cm³/mol. The molecule has 1 N–H and O–H groups in total. The number of rotatable bonds is 2. The van der Waals surface area contributed by atoms with Crippen molar-refractivity contribution in [1.29, 1.82) is 0 Å². The fourth-order valence-corrected chi connectivity index (χ4v) is 7.83. The molecule has 8 rings (SSSR count). The highest BCUT2D eigenvalue weighted by molar-refractivity contribution is 5.95. The van der Waals surface area contributed by atoms with Crippen molar-refractivity contribution >= 4 is 11.4 Å². The predicted octanol–water partition coefficient (Wildman–Crippen LogP) is 10.2. The van der Waals surface area contributed by atoms with Crippen LogP contribution in [0.25, 0.3) is 11.1 Å². The normalized spacial score (nSPS) is 17.9. The summed E-state index contributed by atoms with van der Waals surface area (Å²) in [7, 11) is 0. The minimum atomic E-state index is -0.447. The van der Waals surface area contributed by atoms with Crippen molar-refractivity contribution in [2.24, 2.45) is 0 Å².